The highest BCUT2D eigenvalue weighted by Gasteiger charge is 2.22. The summed E-state index contributed by atoms with van der Waals surface area (Å²) in [6.45, 7) is 8.50. The Hall–Kier alpha value is -3.93. The Balaban J connectivity index is 1.41. The summed E-state index contributed by atoms with van der Waals surface area (Å²) in [7, 11) is 0. The Labute approximate surface area is 249 Å². The Bertz CT molecular complexity index is 1540. The fourth-order valence-electron chi connectivity index (χ4n) is 5.78. The van der Waals surface area contributed by atoms with E-state index in [0.717, 1.165) is 84.2 Å². The van der Waals surface area contributed by atoms with Crippen molar-refractivity contribution in [3.8, 4) is 11.1 Å². The van der Waals surface area contributed by atoms with E-state index in [9.17, 15) is 9.59 Å². The number of hydrogen-bond donors (Lipinski definition) is 1. The molecule has 1 aromatic heterocycles. The van der Waals surface area contributed by atoms with E-state index in [0.29, 0.717) is 12.1 Å². The number of rotatable bonds is 9. The number of ether oxygens (including phenoxy) is 1. The topological polar surface area (TPSA) is 73.2 Å². The number of amides is 1. The second-order valence-corrected chi connectivity index (χ2v) is 12.5. The molecule has 0 bridgehead atoms. The summed E-state index contributed by atoms with van der Waals surface area (Å²) >= 11 is 0. The maximum Gasteiger partial charge on any atom is 0.339 e. The first kappa shape index (κ1) is 29.6. The third-order valence-electron chi connectivity index (χ3n) is 7.98. The zero-order valence-electron chi connectivity index (χ0n) is 25.4. The maximum atomic E-state index is 12.9. The van der Waals surface area contributed by atoms with Crippen molar-refractivity contribution in [2.75, 3.05) is 5.32 Å². The van der Waals surface area contributed by atoms with Gasteiger partial charge in [-0.25, -0.2) is 9.78 Å². The molecule has 0 atom stereocenters. The van der Waals surface area contributed by atoms with E-state index in [1.165, 1.54) is 6.42 Å². The van der Waals surface area contributed by atoms with Crippen LogP contribution >= 0.6 is 0 Å². The summed E-state index contributed by atoms with van der Waals surface area (Å²) in [6, 6.07) is 22.0. The van der Waals surface area contributed by atoms with Crippen LogP contribution in [0.15, 0.2) is 66.7 Å². The number of unbranched alkanes of at least 4 members (excludes halogenated alkanes) is 1. The van der Waals surface area contributed by atoms with Crippen molar-refractivity contribution in [3.63, 3.8) is 0 Å². The van der Waals surface area contributed by atoms with Crippen LogP contribution in [0.25, 0.3) is 22.2 Å². The molecule has 0 aliphatic heterocycles. The second kappa shape index (κ2) is 12.9. The number of nitrogens with zero attached hydrogens (tertiary/aromatic N) is 2. The van der Waals surface area contributed by atoms with Gasteiger partial charge >= 0.3 is 5.97 Å². The molecule has 1 aliphatic carbocycles. The van der Waals surface area contributed by atoms with E-state index in [2.05, 4.69) is 47.1 Å². The Morgan fingerprint density at radius 1 is 0.976 bits per heavy atom. The number of imidazole rings is 1. The molecule has 6 nitrogen and oxygen atoms in total. The summed E-state index contributed by atoms with van der Waals surface area (Å²) < 4.78 is 7.94. The highest BCUT2D eigenvalue weighted by molar-refractivity contribution is 5.97. The number of esters is 1. The van der Waals surface area contributed by atoms with E-state index < -0.39 is 5.60 Å². The molecular formula is C36H43N3O3. The Kier molecular flexibility index (Phi) is 9.10. The number of carbonyl (C=O) groups is 2. The lowest BCUT2D eigenvalue weighted by Gasteiger charge is -2.21. The van der Waals surface area contributed by atoms with Crippen LogP contribution in [0.3, 0.4) is 0 Å². The minimum absolute atomic E-state index is 0.110. The van der Waals surface area contributed by atoms with Crippen LogP contribution < -0.4 is 5.32 Å². The molecule has 1 heterocycles. The fraction of sp³-hybridized carbons (Fsp3) is 0.417. The lowest BCUT2D eigenvalue weighted by Crippen LogP contribution is -2.24. The van der Waals surface area contributed by atoms with Crippen molar-refractivity contribution in [1.82, 2.24) is 9.55 Å². The first-order chi connectivity index (χ1) is 20.2. The molecule has 0 spiro atoms. The van der Waals surface area contributed by atoms with Gasteiger partial charge in [-0.05, 0) is 81.0 Å². The van der Waals surface area contributed by atoms with Crippen LogP contribution in [0.5, 0.6) is 0 Å². The minimum Gasteiger partial charge on any atom is -0.456 e. The molecule has 1 N–H and O–H groups in total. The van der Waals surface area contributed by atoms with Crippen molar-refractivity contribution >= 4 is 28.6 Å². The maximum absolute atomic E-state index is 12.9. The molecule has 4 aromatic rings. The standard InChI is InChI=1S/C36H43N3O3/c1-5-6-16-33-38-31-22-21-28(37-34(40)27-12-8-7-9-13-27)23-32(31)39(33)24-25-17-19-26(20-18-25)29-14-10-11-15-30(29)35(41)42-36(2,3)4/h10-11,14-15,17-23,27H,5-9,12-13,16,24H2,1-4H3,(H,37,40). The fourth-order valence-corrected chi connectivity index (χ4v) is 5.78. The smallest absolute Gasteiger partial charge is 0.339 e. The molecule has 1 fully saturated rings. The van der Waals surface area contributed by atoms with E-state index in [1.54, 1.807) is 0 Å². The Morgan fingerprint density at radius 2 is 1.71 bits per heavy atom. The number of nitrogens with one attached hydrogen (secondary N) is 1. The number of benzene rings is 3. The zero-order valence-corrected chi connectivity index (χ0v) is 25.4. The molecule has 1 amide bonds. The van der Waals surface area contributed by atoms with Crippen LogP contribution in [0.1, 0.15) is 94.4 Å². The molecule has 1 saturated carbocycles. The van der Waals surface area contributed by atoms with Crippen LogP contribution in [0.4, 0.5) is 5.69 Å². The van der Waals surface area contributed by atoms with Gasteiger partial charge in [0.05, 0.1) is 16.6 Å². The SMILES string of the molecule is CCCCc1nc2ccc(NC(=O)C3CCCCC3)cc2n1Cc1ccc(-c2ccccc2C(=O)OC(C)(C)C)cc1. The van der Waals surface area contributed by atoms with E-state index in [1.807, 2.05) is 57.2 Å². The van der Waals surface area contributed by atoms with Crippen molar-refractivity contribution in [2.24, 2.45) is 5.92 Å². The molecule has 0 radical (unpaired) electrons. The average Bonchev–Trinajstić information content (AvgIpc) is 3.32. The highest BCUT2D eigenvalue weighted by atomic mass is 16.6. The first-order valence-corrected chi connectivity index (χ1v) is 15.4. The molecule has 0 unspecified atom stereocenters. The predicted molar refractivity (Wildman–Crippen MR) is 170 cm³/mol. The van der Waals surface area contributed by atoms with Crippen LogP contribution in [-0.4, -0.2) is 27.0 Å². The van der Waals surface area contributed by atoms with E-state index in [-0.39, 0.29) is 17.8 Å². The van der Waals surface area contributed by atoms with Gasteiger partial charge < -0.3 is 14.6 Å². The summed E-state index contributed by atoms with van der Waals surface area (Å²) in [5, 5.41) is 3.18. The molecule has 42 heavy (non-hydrogen) atoms. The third kappa shape index (κ3) is 7.10. The average molecular weight is 566 g/mol. The van der Waals surface area contributed by atoms with Crippen molar-refractivity contribution in [3.05, 3.63) is 83.7 Å². The van der Waals surface area contributed by atoms with Gasteiger partial charge in [-0.15, -0.1) is 0 Å². The quantitative estimate of drug-likeness (QED) is 0.206. The minimum atomic E-state index is -0.560. The number of aryl methyl sites for hydroxylation is 1. The van der Waals surface area contributed by atoms with Gasteiger partial charge in [-0.3, -0.25) is 4.79 Å². The van der Waals surface area contributed by atoms with Gasteiger partial charge in [-0.2, -0.15) is 0 Å². The van der Waals surface area contributed by atoms with Gasteiger partial charge in [0.2, 0.25) is 5.91 Å². The number of anilines is 1. The zero-order chi connectivity index (χ0) is 29.7. The number of hydrogen-bond acceptors (Lipinski definition) is 4. The van der Waals surface area contributed by atoms with Gasteiger partial charge in [0.25, 0.3) is 0 Å². The van der Waals surface area contributed by atoms with Gasteiger partial charge in [0.15, 0.2) is 0 Å². The monoisotopic (exact) mass is 565 g/mol. The van der Waals surface area contributed by atoms with Gasteiger partial charge in [0.1, 0.15) is 11.4 Å². The van der Waals surface area contributed by atoms with Crippen molar-refractivity contribution in [2.45, 2.75) is 91.2 Å². The Morgan fingerprint density at radius 3 is 2.43 bits per heavy atom. The second-order valence-electron chi connectivity index (χ2n) is 12.5. The highest BCUT2D eigenvalue weighted by Crippen LogP contribution is 2.29. The number of aromatic nitrogens is 2. The molecule has 0 saturated heterocycles. The summed E-state index contributed by atoms with van der Waals surface area (Å²) in [6.07, 6.45) is 8.51. The molecule has 6 heteroatoms. The lowest BCUT2D eigenvalue weighted by atomic mass is 9.88. The molecule has 3 aromatic carbocycles. The van der Waals surface area contributed by atoms with Crippen LogP contribution in [-0.2, 0) is 22.5 Å². The van der Waals surface area contributed by atoms with Crippen molar-refractivity contribution in [1.29, 1.82) is 0 Å². The van der Waals surface area contributed by atoms with Crippen molar-refractivity contribution < 1.29 is 14.3 Å². The normalized spacial score (nSPS) is 14.2. The summed E-state index contributed by atoms with van der Waals surface area (Å²) in [4.78, 5) is 30.8. The van der Waals surface area contributed by atoms with Crippen LogP contribution in [0.2, 0.25) is 0 Å². The number of fused-ring (bicyclic) bond motifs is 1. The van der Waals surface area contributed by atoms with E-state index in [4.69, 9.17) is 9.72 Å². The summed E-state index contributed by atoms with van der Waals surface area (Å²) in [5.74, 6) is 0.980. The first-order valence-electron chi connectivity index (χ1n) is 15.4. The number of carbonyl (C=O) groups excluding carboxylic acids is 2. The van der Waals surface area contributed by atoms with E-state index >= 15 is 0 Å². The molecule has 5 rings (SSSR count). The predicted octanol–water partition coefficient (Wildman–Crippen LogP) is 8.57. The van der Waals surface area contributed by atoms with Gasteiger partial charge in [-0.1, -0.05) is 75.1 Å². The lowest BCUT2D eigenvalue weighted by molar-refractivity contribution is -0.120. The molecule has 220 valence electrons. The molecule has 1 aliphatic rings. The molecular weight excluding hydrogens is 522 g/mol. The summed E-state index contributed by atoms with van der Waals surface area (Å²) in [5.41, 5.74) is 5.77. The third-order valence-corrected chi connectivity index (χ3v) is 7.98. The largest absolute Gasteiger partial charge is 0.456 e. The van der Waals surface area contributed by atoms with Crippen LogP contribution in [0, 0.1) is 5.92 Å². The van der Waals surface area contributed by atoms with Gasteiger partial charge in [0, 0.05) is 24.6 Å².